The quantitative estimate of drug-likeness (QED) is 0.768. The molecule has 0 aliphatic rings. The van der Waals surface area contributed by atoms with E-state index in [1.54, 1.807) is 24.3 Å². The van der Waals surface area contributed by atoms with Gasteiger partial charge in [0.2, 0.25) is 15.9 Å². The molecule has 7 heteroatoms. The lowest BCUT2D eigenvalue weighted by atomic mass is 10.1. The van der Waals surface area contributed by atoms with Gasteiger partial charge in [0.05, 0.1) is 19.1 Å². The van der Waals surface area contributed by atoms with Crippen molar-refractivity contribution in [3.05, 3.63) is 54.1 Å². The van der Waals surface area contributed by atoms with E-state index >= 15 is 0 Å². The van der Waals surface area contributed by atoms with Gasteiger partial charge in [0.25, 0.3) is 0 Å². The van der Waals surface area contributed by atoms with Gasteiger partial charge in [-0.05, 0) is 30.2 Å². The van der Waals surface area contributed by atoms with Gasteiger partial charge in [-0.25, -0.2) is 8.42 Å². The van der Waals surface area contributed by atoms with Crippen LogP contribution in [0, 0.1) is 0 Å². The summed E-state index contributed by atoms with van der Waals surface area (Å²) in [5, 5.41) is 2.86. The number of hydrogen-bond donors (Lipinski definition) is 1. The number of ether oxygens (including phenoxy) is 1. The number of amides is 1. The predicted octanol–water partition coefficient (Wildman–Crippen LogP) is 3.05. The number of nitrogens with one attached hydrogen (secondary N) is 1. The van der Waals surface area contributed by atoms with E-state index in [9.17, 15) is 13.2 Å². The Balaban J connectivity index is 2.14. The van der Waals surface area contributed by atoms with E-state index < -0.39 is 10.0 Å². The molecule has 2 rings (SSSR count). The molecule has 6 nitrogen and oxygen atoms in total. The van der Waals surface area contributed by atoms with Gasteiger partial charge in [0.15, 0.2) is 0 Å². The highest BCUT2D eigenvalue weighted by molar-refractivity contribution is 7.92. The molecular weight excluding hydrogens is 352 g/mol. The Kier molecular flexibility index (Phi) is 6.63. The van der Waals surface area contributed by atoms with Crippen LogP contribution in [0.1, 0.15) is 18.9 Å². The minimum atomic E-state index is -3.56. The van der Waals surface area contributed by atoms with E-state index in [0.717, 1.165) is 23.9 Å². The SMILES string of the molecule is CCc1ccccc1NC(=O)CCN(c1ccccc1OC)S(C)(=O)=O. The van der Waals surface area contributed by atoms with Crippen LogP contribution in [0.2, 0.25) is 0 Å². The maximum absolute atomic E-state index is 12.3. The number of nitrogens with zero attached hydrogens (tertiary/aromatic N) is 1. The Bertz CT molecular complexity index is 865. The lowest BCUT2D eigenvalue weighted by molar-refractivity contribution is -0.116. The van der Waals surface area contributed by atoms with Crippen molar-refractivity contribution >= 4 is 27.3 Å². The van der Waals surface area contributed by atoms with E-state index in [-0.39, 0.29) is 18.9 Å². The van der Waals surface area contributed by atoms with Crippen LogP contribution >= 0.6 is 0 Å². The smallest absolute Gasteiger partial charge is 0.232 e. The number of sulfonamides is 1. The van der Waals surface area contributed by atoms with Gasteiger partial charge < -0.3 is 10.1 Å². The predicted molar refractivity (Wildman–Crippen MR) is 104 cm³/mol. The Hall–Kier alpha value is -2.54. The summed E-state index contributed by atoms with van der Waals surface area (Å²) in [6.07, 6.45) is 1.94. The third-order valence-corrected chi connectivity index (χ3v) is 5.15. The second-order valence-electron chi connectivity index (χ2n) is 5.82. The molecule has 0 radical (unpaired) electrons. The number of benzene rings is 2. The molecule has 140 valence electrons. The lowest BCUT2D eigenvalue weighted by Gasteiger charge is -2.24. The monoisotopic (exact) mass is 376 g/mol. The van der Waals surface area contributed by atoms with Gasteiger partial charge in [0.1, 0.15) is 5.75 Å². The number of rotatable bonds is 8. The van der Waals surface area contributed by atoms with Crippen LogP contribution in [0.15, 0.2) is 48.5 Å². The molecule has 2 aromatic carbocycles. The zero-order valence-electron chi connectivity index (χ0n) is 15.2. The first-order valence-electron chi connectivity index (χ1n) is 8.35. The summed E-state index contributed by atoms with van der Waals surface area (Å²) >= 11 is 0. The standard InChI is InChI=1S/C19H24N2O4S/c1-4-15-9-5-6-10-16(15)20-19(22)13-14-21(26(3,23)24)17-11-7-8-12-18(17)25-2/h5-12H,4,13-14H2,1-3H3,(H,20,22). The highest BCUT2D eigenvalue weighted by atomic mass is 32.2. The molecule has 1 N–H and O–H groups in total. The molecule has 0 spiro atoms. The molecule has 26 heavy (non-hydrogen) atoms. The zero-order valence-corrected chi connectivity index (χ0v) is 16.0. The third-order valence-electron chi connectivity index (χ3n) is 3.97. The maximum Gasteiger partial charge on any atom is 0.232 e. The largest absolute Gasteiger partial charge is 0.495 e. The van der Waals surface area contributed by atoms with E-state index in [4.69, 9.17) is 4.74 Å². The normalized spacial score (nSPS) is 11.0. The second kappa shape index (κ2) is 8.71. The minimum Gasteiger partial charge on any atom is -0.495 e. The maximum atomic E-state index is 12.3. The number of anilines is 2. The van der Waals surface area contributed by atoms with Gasteiger partial charge in [-0.15, -0.1) is 0 Å². The number of methoxy groups -OCH3 is 1. The molecule has 0 saturated carbocycles. The average Bonchev–Trinajstić information content (AvgIpc) is 2.61. The number of carbonyl (C=O) groups is 1. The highest BCUT2D eigenvalue weighted by Gasteiger charge is 2.21. The molecule has 0 aromatic heterocycles. The van der Waals surface area contributed by atoms with Gasteiger partial charge >= 0.3 is 0 Å². The van der Waals surface area contributed by atoms with Crippen LogP contribution in [0.25, 0.3) is 0 Å². The van der Waals surface area contributed by atoms with Gasteiger partial charge in [0, 0.05) is 18.7 Å². The molecule has 0 atom stereocenters. The number of carbonyl (C=O) groups excluding carboxylic acids is 1. The molecule has 0 heterocycles. The van der Waals surface area contributed by atoms with Crippen molar-refractivity contribution in [1.82, 2.24) is 0 Å². The van der Waals surface area contributed by atoms with Crippen molar-refractivity contribution < 1.29 is 17.9 Å². The highest BCUT2D eigenvalue weighted by Crippen LogP contribution is 2.29. The summed E-state index contributed by atoms with van der Waals surface area (Å²) in [4.78, 5) is 12.3. The summed E-state index contributed by atoms with van der Waals surface area (Å²) in [6.45, 7) is 2.04. The van der Waals surface area contributed by atoms with Crippen LogP contribution in [0.4, 0.5) is 11.4 Å². The van der Waals surface area contributed by atoms with Crippen molar-refractivity contribution in [1.29, 1.82) is 0 Å². The number of para-hydroxylation sites is 3. The van der Waals surface area contributed by atoms with Crippen LogP contribution in [0.3, 0.4) is 0 Å². The zero-order chi connectivity index (χ0) is 19.2. The molecule has 2 aromatic rings. The summed E-state index contributed by atoms with van der Waals surface area (Å²) in [5.74, 6) is 0.198. The molecule has 0 fully saturated rings. The van der Waals surface area contributed by atoms with Crippen LogP contribution < -0.4 is 14.4 Å². The molecule has 0 aliphatic heterocycles. The van der Waals surface area contributed by atoms with E-state index in [0.29, 0.717) is 11.4 Å². The first-order chi connectivity index (χ1) is 12.4. The van der Waals surface area contributed by atoms with E-state index in [2.05, 4.69) is 5.32 Å². The fourth-order valence-corrected chi connectivity index (χ4v) is 3.60. The summed E-state index contributed by atoms with van der Waals surface area (Å²) in [7, 11) is -2.08. The topological polar surface area (TPSA) is 75.7 Å². The first kappa shape index (κ1) is 19.8. The first-order valence-corrected chi connectivity index (χ1v) is 10.2. The molecule has 0 unspecified atom stereocenters. The van der Waals surface area contributed by atoms with Crippen molar-refractivity contribution in [3.8, 4) is 5.75 Å². The molecule has 0 aliphatic carbocycles. The van der Waals surface area contributed by atoms with Crippen molar-refractivity contribution in [3.63, 3.8) is 0 Å². The van der Waals surface area contributed by atoms with E-state index in [1.807, 2.05) is 31.2 Å². The van der Waals surface area contributed by atoms with Gasteiger partial charge in [-0.2, -0.15) is 0 Å². The second-order valence-corrected chi connectivity index (χ2v) is 7.72. The van der Waals surface area contributed by atoms with Crippen molar-refractivity contribution in [2.75, 3.05) is 29.5 Å². The number of hydrogen-bond acceptors (Lipinski definition) is 4. The fraction of sp³-hybridized carbons (Fsp3) is 0.316. The Labute approximate surface area is 154 Å². The minimum absolute atomic E-state index is 0.0271. The van der Waals surface area contributed by atoms with Gasteiger partial charge in [-0.3, -0.25) is 9.10 Å². The Morgan fingerprint density at radius 3 is 2.42 bits per heavy atom. The molecule has 0 bridgehead atoms. The van der Waals surface area contributed by atoms with E-state index in [1.165, 1.54) is 11.4 Å². The Morgan fingerprint density at radius 2 is 1.77 bits per heavy atom. The molecule has 1 amide bonds. The van der Waals surface area contributed by atoms with Crippen LogP contribution in [-0.4, -0.2) is 34.2 Å². The van der Waals surface area contributed by atoms with Crippen molar-refractivity contribution in [2.45, 2.75) is 19.8 Å². The summed E-state index contributed by atoms with van der Waals surface area (Å²) in [6, 6.07) is 14.4. The lowest BCUT2D eigenvalue weighted by Crippen LogP contribution is -2.33. The van der Waals surface area contributed by atoms with Crippen LogP contribution in [-0.2, 0) is 21.2 Å². The molecule has 0 saturated heterocycles. The average molecular weight is 376 g/mol. The van der Waals surface area contributed by atoms with Crippen LogP contribution in [0.5, 0.6) is 5.75 Å². The number of aryl methyl sites for hydroxylation is 1. The summed E-state index contributed by atoms with van der Waals surface area (Å²) in [5.41, 5.74) is 2.20. The van der Waals surface area contributed by atoms with Gasteiger partial charge in [-0.1, -0.05) is 37.3 Å². The van der Waals surface area contributed by atoms with Crippen molar-refractivity contribution in [2.24, 2.45) is 0 Å². The fourth-order valence-electron chi connectivity index (χ4n) is 2.67. The third kappa shape index (κ3) is 4.98. The summed E-state index contributed by atoms with van der Waals surface area (Å²) < 4.78 is 30.9. The Morgan fingerprint density at radius 1 is 1.12 bits per heavy atom. The molecular formula is C19H24N2O4S.